The zero-order valence-corrected chi connectivity index (χ0v) is 19.9. The Morgan fingerprint density at radius 1 is 1.12 bits per heavy atom. The smallest absolute Gasteiger partial charge is 0.264 e. The molecule has 0 bridgehead atoms. The number of aryl methyl sites for hydroxylation is 2. The molecular formula is C23H28N4O3S2. The lowest BCUT2D eigenvalue weighted by Gasteiger charge is -2.32. The van der Waals surface area contributed by atoms with E-state index in [9.17, 15) is 13.2 Å². The van der Waals surface area contributed by atoms with Crippen LogP contribution in [-0.2, 0) is 16.6 Å². The summed E-state index contributed by atoms with van der Waals surface area (Å²) in [5.74, 6) is 0.333. The Labute approximate surface area is 192 Å². The molecule has 4 rings (SSSR count). The van der Waals surface area contributed by atoms with Crippen molar-refractivity contribution in [2.75, 3.05) is 19.6 Å². The maximum Gasteiger partial charge on any atom is 0.264 e. The topological polar surface area (TPSA) is 95.2 Å². The lowest BCUT2D eigenvalue weighted by Crippen LogP contribution is -2.38. The summed E-state index contributed by atoms with van der Waals surface area (Å²) < 4.78 is 28.6. The van der Waals surface area contributed by atoms with Crippen LogP contribution >= 0.6 is 11.3 Å². The van der Waals surface area contributed by atoms with E-state index in [4.69, 9.17) is 0 Å². The normalized spacial score (nSPS) is 15.8. The molecule has 3 heterocycles. The second kappa shape index (κ2) is 9.66. The molecule has 0 spiro atoms. The van der Waals surface area contributed by atoms with Crippen LogP contribution < -0.4 is 10.3 Å². The minimum atomic E-state index is -3.57. The highest BCUT2D eigenvalue weighted by Crippen LogP contribution is 2.29. The van der Waals surface area contributed by atoms with Gasteiger partial charge in [-0.15, -0.1) is 11.3 Å². The Bertz CT molecular complexity index is 1220. The molecule has 0 aliphatic carbocycles. The fourth-order valence-electron chi connectivity index (χ4n) is 3.94. The van der Waals surface area contributed by atoms with E-state index >= 15 is 0 Å². The first-order chi connectivity index (χ1) is 15.3. The average Bonchev–Trinajstić information content (AvgIpc) is 3.28. The van der Waals surface area contributed by atoms with Gasteiger partial charge in [-0.05, 0) is 75.0 Å². The van der Waals surface area contributed by atoms with Crippen molar-refractivity contribution in [3.8, 4) is 10.6 Å². The first kappa shape index (κ1) is 22.8. The number of rotatable bonds is 7. The third-order valence-corrected chi connectivity index (χ3v) is 8.97. The van der Waals surface area contributed by atoms with Crippen LogP contribution in [0.5, 0.6) is 0 Å². The molecule has 0 saturated carbocycles. The summed E-state index contributed by atoms with van der Waals surface area (Å²) in [6.07, 6.45) is 1.95. The van der Waals surface area contributed by atoms with Crippen molar-refractivity contribution in [2.24, 2.45) is 5.92 Å². The van der Waals surface area contributed by atoms with Gasteiger partial charge >= 0.3 is 0 Å². The van der Waals surface area contributed by atoms with Crippen molar-refractivity contribution >= 4 is 21.4 Å². The van der Waals surface area contributed by atoms with E-state index in [0.29, 0.717) is 23.0 Å². The third kappa shape index (κ3) is 5.53. The molecule has 0 radical (unpaired) electrons. The summed E-state index contributed by atoms with van der Waals surface area (Å²) in [6.45, 7) is 7.61. The molecule has 3 aromatic rings. The largest absolute Gasteiger partial charge is 0.299 e. The van der Waals surface area contributed by atoms with Crippen LogP contribution in [0.1, 0.15) is 29.5 Å². The molecule has 1 saturated heterocycles. The molecule has 7 nitrogen and oxygen atoms in total. The molecule has 2 aromatic heterocycles. The number of nitrogens with zero attached hydrogens (tertiary/aromatic N) is 2. The van der Waals surface area contributed by atoms with Gasteiger partial charge in [-0.25, -0.2) is 18.2 Å². The molecule has 32 heavy (non-hydrogen) atoms. The zero-order chi connectivity index (χ0) is 22.7. The number of likely N-dealkylation sites (tertiary alicyclic amines) is 1. The molecule has 1 aromatic carbocycles. The highest BCUT2D eigenvalue weighted by atomic mass is 32.2. The van der Waals surface area contributed by atoms with Crippen molar-refractivity contribution in [1.82, 2.24) is 19.8 Å². The monoisotopic (exact) mass is 472 g/mol. The molecule has 0 unspecified atom stereocenters. The second-order valence-corrected chi connectivity index (χ2v) is 11.5. The lowest BCUT2D eigenvalue weighted by molar-refractivity contribution is 0.178. The second-order valence-electron chi connectivity index (χ2n) is 8.43. The minimum Gasteiger partial charge on any atom is -0.299 e. The van der Waals surface area contributed by atoms with Gasteiger partial charge < -0.3 is 0 Å². The van der Waals surface area contributed by atoms with Crippen LogP contribution in [-0.4, -0.2) is 43.1 Å². The molecular weight excluding hydrogens is 444 g/mol. The lowest BCUT2D eigenvalue weighted by atomic mass is 9.96. The average molecular weight is 473 g/mol. The molecule has 0 atom stereocenters. The molecule has 1 fully saturated rings. The molecule has 170 valence electrons. The fourth-order valence-corrected chi connectivity index (χ4v) is 6.38. The quantitative estimate of drug-likeness (QED) is 0.550. The maximum absolute atomic E-state index is 12.8. The number of nitrogens with one attached hydrogen (secondary N) is 2. The van der Waals surface area contributed by atoms with E-state index < -0.39 is 10.0 Å². The number of hydrogen-bond donors (Lipinski definition) is 2. The molecule has 1 aliphatic rings. The Morgan fingerprint density at radius 3 is 2.62 bits per heavy atom. The number of aromatic nitrogens is 2. The van der Waals surface area contributed by atoms with Crippen LogP contribution in [0.15, 0.2) is 51.5 Å². The van der Waals surface area contributed by atoms with E-state index in [1.54, 1.807) is 18.2 Å². The Hall–Kier alpha value is -2.33. The minimum absolute atomic E-state index is 0.257. The van der Waals surface area contributed by atoms with Gasteiger partial charge in [0, 0.05) is 19.2 Å². The first-order valence-corrected chi connectivity index (χ1v) is 13.0. The summed E-state index contributed by atoms with van der Waals surface area (Å²) >= 11 is 1.15. The van der Waals surface area contributed by atoms with Crippen LogP contribution in [0.25, 0.3) is 10.6 Å². The van der Waals surface area contributed by atoms with Crippen LogP contribution in [0.3, 0.4) is 0 Å². The first-order valence-electron chi connectivity index (χ1n) is 10.7. The van der Waals surface area contributed by atoms with Gasteiger partial charge in [-0.3, -0.25) is 9.69 Å². The van der Waals surface area contributed by atoms with Crippen LogP contribution in [0.2, 0.25) is 0 Å². The van der Waals surface area contributed by atoms with Gasteiger partial charge in [-0.2, -0.15) is 5.10 Å². The summed E-state index contributed by atoms with van der Waals surface area (Å²) in [6, 6.07) is 12.8. The van der Waals surface area contributed by atoms with Gasteiger partial charge in [-0.1, -0.05) is 23.8 Å². The molecule has 9 heteroatoms. The third-order valence-electron chi connectivity index (χ3n) is 5.95. The summed E-state index contributed by atoms with van der Waals surface area (Å²) in [5.41, 5.74) is 4.22. The SMILES string of the molecule is Cc1ccc(C)c(CN2CCC(CNS(=O)(=O)c3ccc(-c4ccc(=O)[nH]n4)s3)CC2)c1. The van der Waals surface area contributed by atoms with Gasteiger partial charge in [0.05, 0.1) is 4.88 Å². The van der Waals surface area contributed by atoms with Crippen molar-refractivity contribution in [3.05, 3.63) is 69.5 Å². The number of benzene rings is 1. The standard InChI is InChI=1S/C23H28N4O3S2/c1-16-3-4-17(2)19(13-16)15-27-11-9-18(10-12-27)14-24-32(29,30)23-8-6-21(31-23)20-5-7-22(28)26-25-20/h3-8,13,18,24H,9-12,14-15H2,1-2H3,(H,26,28). The number of H-pyrrole nitrogens is 1. The summed E-state index contributed by atoms with van der Waals surface area (Å²) in [7, 11) is -3.57. The number of piperidine rings is 1. The van der Waals surface area contributed by atoms with E-state index in [2.05, 4.69) is 51.9 Å². The highest BCUT2D eigenvalue weighted by molar-refractivity contribution is 7.91. The summed E-state index contributed by atoms with van der Waals surface area (Å²) in [4.78, 5) is 14.3. The molecule has 0 amide bonds. The van der Waals surface area contributed by atoms with Crippen LogP contribution in [0, 0.1) is 19.8 Å². The number of aromatic amines is 1. The van der Waals surface area contributed by atoms with Gasteiger partial charge in [0.25, 0.3) is 5.56 Å². The predicted octanol–water partition coefficient (Wildman–Crippen LogP) is 3.31. The highest BCUT2D eigenvalue weighted by Gasteiger charge is 2.23. The van der Waals surface area contributed by atoms with E-state index in [1.807, 2.05) is 0 Å². The predicted molar refractivity (Wildman–Crippen MR) is 127 cm³/mol. The number of sulfonamides is 1. The van der Waals surface area contributed by atoms with Gasteiger partial charge in [0.1, 0.15) is 9.90 Å². The number of thiophene rings is 1. The molecule has 1 aliphatic heterocycles. The van der Waals surface area contributed by atoms with Crippen LogP contribution in [0.4, 0.5) is 0 Å². The van der Waals surface area contributed by atoms with E-state index in [-0.39, 0.29) is 9.77 Å². The van der Waals surface area contributed by atoms with Crippen molar-refractivity contribution in [1.29, 1.82) is 0 Å². The summed E-state index contributed by atoms with van der Waals surface area (Å²) in [5, 5.41) is 6.33. The van der Waals surface area contributed by atoms with E-state index in [1.165, 1.54) is 22.8 Å². The Balaban J connectivity index is 1.30. The Morgan fingerprint density at radius 2 is 1.91 bits per heavy atom. The number of hydrogen-bond acceptors (Lipinski definition) is 6. The maximum atomic E-state index is 12.8. The van der Waals surface area contributed by atoms with Crippen molar-refractivity contribution < 1.29 is 8.42 Å². The zero-order valence-electron chi connectivity index (χ0n) is 18.3. The van der Waals surface area contributed by atoms with Gasteiger partial charge in [0.2, 0.25) is 10.0 Å². The van der Waals surface area contributed by atoms with Crippen molar-refractivity contribution in [2.45, 2.75) is 37.4 Å². The van der Waals surface area contributed by atoms with Crippen molar-refractivity contribution in [3.63, 3.8) is 0 Å². The fraction of sp³-hybridized carbons (Fsp3) is 0.391. The van der Waals surface area contributed by atoms with Gasteiger partial charge in [0.15, 0.2) is 0 Å². The molecule has 2 N–H and O–H groups in total. The van der Waals surface area contributed by atoms with E-state index in [0.717, 1.165) is 43.8 Å². The Kier molecular flexibility index (Phi) is 6.90.